The summed E-state index contributed by atoms with van der Waals surface area (Å²) in [5.41, 5.74) is 10.1. The zero-order valence-corrected chi connectivity index (χ0v) is 14.3. The molecule has 1 heterocycles. The summed E-state index contributed by atoms with van der Waals surface area (Å²) in [5, 5.41) is 0. The van der Waals surface area contributed by atoms with E-state index in [1.54, 1.807) is 7.11 Å². The Balaban J connectivity index is 1.74. The summed E-state index contributed by atoms with van der Waals surface area (Å²) in [7, 11) is 1.65. The third kappa shape index (κ3) is 3.23. The van der Waals surface area contributed by atoms with Crippen LogP contribution in [0, 0.1) is 0 Å². The molecule has 0 spiro atoms. The van der Waals surface area contributed by atoms with E-state index < -0.39 is 0 Å². The second-order valence-electron chi connectivity index (χ2n) is 6.37. The fourth-order valence-electron chi connectivity index (χ4n) is 3.33. The number of anilines is 2. The highest BCUT2D eigenvalue weighted by Gasteiger charge is 2.25. The van der Waals surface area contributed by atoms with Gasteiger partial charge in [-0.1, -0.05) is 25.1 Å². The second-order valence-corrected chi connectivity index (χ2v) is 6.37. The first-order chi connectivity index (χ1) is 11.6. The molecule has 0 bridgehead atoms. The number of ether oxygens (including phenoxy) is 1. The Kier molecular flexibility index (Phi) is 4.74. The van der Waals surface area contributed by atoms with Crippen LogP contribution in [-0.2, 0) is 11.2 Å². The first-order valence-electron chi connectivity index (χ1n) is 8.42. The van der Waals surface area contributed by atoms with Crippen molar-refractivity contribution < 1.29 is 9.53 Å². The largest absolute Gasteiger partial charge is 0.497 e. The summed E-state index contributed by atoms with van der Waals surface area (Å²) >= 11 is 0. The average Bonchev–Trinajstić information content (AvgIpc) is 2.61. The van der Waals surface area contributed by atoms with E-state index in [1.807, 2.05) is 47.4 Å². The summed E-state index contributed by atoms with van der Waals surface area (Å²) in [6, 6.07) is 13.8. The first-order valence-corrected chi connectivity index (χ1v) is 8.42. The minimum atomic E-state index is 0.157. The zero-order chi connectivity index (χ0) is 17.1. The molecule has 1 unspecified atom stereocenters. The topological polar surface area (TPSA) is 55.6 Å². The number of carbonyl (C=O) groups excluding carboxylic acids is 1. The predicted octanol–water partition coefficient (Wildman–Crippen LogP) is 3.75. The van der Waals surface area contributed by atoms with E-state index in [0.29, 0.717) is 6.42 Å². The average molecular weight is 324 g/mol. The van der Waals surface area contributed by atoms with E-state index in [-0.39, 0.29) is 11.8 Å². The highest BCUT2D eigenvalue weighted by molar-refractivity contribution is 5.95. The third-order valence-corrected chi connectivity index (χ3v) is 4.75. The lowest BCUT2D eigenvalue weighted by Crippen LogP contribution is -2.36. The molecule has 24 heavy (non-hydrogen) atoms. The number of rotatable bonds is 4. The molecule has 0 aliphatic carbocycles. The Hall–Kier alpha value is -2.49. The summed E-state index contributed by atoms with van der Waals surface area (Å²) in [6.07, 6.45) is 2.39. The van der Waals surface area contributed by atoms with Gasteiger partial charge in [0.1, 0.15) is 5.75 Å². The molecule has 1 aliphatic rings. The molecular weight excluding hydrogens is 300 g/mol. The Morgan fingerprint density at radius 3 is 2.71 bits per heavy atom. The molecule has 0 fully saturated rings. The van der Waals surface area contributed by atoms with Crippen molar-refractivity contribution in [2.75, 3.05) is 24.3 Å². The van der Waals surface area contributed by atoms with E-state index in [9.17, 15) is 4.79 Å². The highest BCUT2D eigenvalue weighted by Crippen LogP contribution is 2.33. The molecule has 2 aromatic carbocycles. The SMILES string of the molecule is COc1ccc(C(C)CC(=O)N2CCCc3c(N)cccc32)cc1. The van der Waals surface area contributed by atoms with Gasteiger partial charge in [0.2, 0.25) is 5.91 Å². The van der Waals surface area contributed by atoms with Crippen LogP contribution in [0.3, 0.4) is 0 Å². The highest BCUT2D eigenvalue weighted by atomic mass is 16.5. The number of fused-ring (bicyclic) bond motifs is 1. The van der Waals surface area contributed by atoms with Crippen LogP contribution in [0.5, 0.6) is 5.75 Å². The number of hydrogen-bond donors (Lipinski definition) is 1. The fraction of sp³-hybridized carbons (Fsp3) is 0.350. The van der Waals surface area contributed by atoms with Crippen LogP contribution in [0.4, 0.5) is 11.4 Å². The van der Waals surface area contributed by atoms with Gasteiger partial charge in [0.15, 0.2) is 0 Å². The van der Waals surface area contributed by atoms with Gasteiger partial charge in [-0.25, -0.2) is 0 Å². The molecule has 1 amide bonds. The fourth-order valence-corrected chi connectivity index (χ4v) is 3.33. The van der Waals surface area contributed by atoms with Crippen LogP contribution in [0.25, 0.3) is 0 Å². The molecule has 0 radical (unpaired) electrons. The maximum Gasteiger partial charge on any atom is 0.227 e. The van der Waals surface area contributed by atoms with Crippen LogP contribution < -0.4 is 15.4 Å². The van der Waals surface area contributed by atoms with E-state index in [2.05, 4.69) is 6.92 Å². The van der Waals surface area contributed by atoms with Gasteiger partial charge in [-0.2, -0.15) is 0 Å². The summed E-state index contributed by atoms with van der Waals surface area (Å²) < 4.78 is 5.19. The number of nitrogen functional groups attached to an aromatic ring is 1. The van der Waals surface area contributed by atoms with Crippen molar-refractivity contribution in [1.82, 2.24) is 0 Å². The van der Waals surface area contributed by atoms with Gasteiger partial charge in [0.05, 0.1) is 7.11 Å². The molecule has 4 heteroatoms. The van der Waals surface area contributed by atoms with E-state index in [4.69, 9.17) is 10.5 Å². The molecule has 0 saturated carbocycles. The third-order valence-electron chi connectivity index (χ3n) is 4.75. The molecule has 2 N–H and O–H groups in total. The van der Waals surface area contributed by atoms with Crippen LogP contribution in [0.15, 0.2) is 42.5 Å². The molecule has 1 atom stereocenters. The zero-order valence-electron chi connectivity index (χ0n) is 14.3. The van der Waals surface area contributed by atoms with Gasteiger partial charge in [0, 0.05) is 24.3 Å². The lowest BCUT2D eigenvalue weighted by molar-refractivity contribution is -0.119. The summed E-state index contributed by atoms with van der Waals surface area (Å²) in [4.78, 5) is 14.7. The molecular formula is C20H24N2O2. The molecule has 4 nitrogen and oxygen atoms in total. The molecule has 0 saturated heterocycles. The molecule has 1 aliphatic heterocycles. The number of methoxy groups -OCH3 is 1. The number of nitrogens with two attached hydrogens (primary N) is 1. The number of benzene rings is 2. The van der Waals surface area contributed by atoms with Gasteiger partial charge in [-0.15, -0.1) is 0 Å². The summed E-state index contributed by atoms with van der Waals surface area (Å²) in [6.45, 7) is 2.86. The number of hydrogen-bond acceptors (Lipinski definition) is 3. The van der Waals surface area contributed by atoms with Gasteiger partial charge >= 0.3 is 0 Å². The van der Waals surface area contributed by atoms with Crippen molar-refractivity contribution >= 4 is 17.3 Å². The summed E-state index contributed by atoms with van der Waals surface area (Å²) in [5.74, 6) is 1.15. The van der Waals surface area contributed by atoms with Crippen molar-refractivity contribution in [3.8, 4) is 5.75 Å². The van der Waals surface area contributed by atoms with Crippen molar-refractivity contribution in [3.63, 3.8) is 0 Å². The van der Waals surface area contributed by atoms with Crippen LogP contribution in [-0.4, -0.2) is 19.6 Å². The molecule has 0 aromatic heterocycles. The lowest BCUT2D eigenvalue weighted by atomic mass is 9.95. The second kappa shape index (κ2) is 6.95. The predicted molar refractivity (Wildman–Crippen MR) is 97.6 cm³/mol. The van der Waals surface area contributed by atoms with Crippen LogP contribution >= 0.6 is 0 Å². The monoisotopic (exact) mass is 324 g/mol. The molecule has 126 valence electrons. The maximum absolute atomic E-state index is 12.8. The van der Waals surface area contributed by atoms with Crippen molar-refractivity contribution in [2.24, 2.45) is 0 Å². The normalized spacial score (nSPS) is 14.8. The number of nitrogens with zero attached hydrogens (tertiary/aromatic N) is 1. The van der Waals surface area contributed by atoms with Gasteiger partial charge < -0.3 is 15.4 Å². The standard InChI is InChI=1S/C20H24N2O2/c1-14(15-8-10-16(24-2)11-9-15)13-20(23)22-12-4-5-17-18(21)6-3-7-19(17)22/h3,6-11,14H,4-5,12-13,21H2,1-2H3. The van der Waals surface area contributed by atoms with Gasteiger partial charge in [0.25, 0.3) is 0 Å². The minimum absolute atomic E-state index is 0.157. The first kappa shape index (κ1) is 16.4. The van der Waals surface area contributed by atoms with Crippen molar-refractivity contribution in [3.05, 3.63) is 53.6 Å². The van der Waals surface area contributed by atoms with E-state index in [0.717, 1.165) is 47.6 Å². The Morgan fingerprint density at radius 2 is 2.00 bits per heavy atom. The van der Waals surface area contributed by atoms with E-state index in [1.165, 1.54) is 0 Å². The van der Waals surface area contributed by atoms with Crippen LogP contribution in [0.2, 0.25) is 0 Å². The quantitative estimate of drug-likeness (QED) is 0.872. The Morgan fingerprint density at radius 1 is 1.25 bits per heavy atom. The van der Waals surface area contributed by atoms with Crippen molar-refractivity contribution in [1.29, 1.82) is 0 Å². The van der Waals surface area contributed by atoms with Crippen LogP contribution in [0.1, 0.15) is 36.8 Å². The number of carbonyl (C=O) groups is 1. The Labute approximate surface area is 143 Å². The van der Waals surface area contributed by atoms with Gasteiger partial charge in [-0.05, 0) is 54.2 Å². The molecule has 3 rings (SSSR count). The minimum Gasteiger partial charge on any atom is -0.497 e. The van der Waals surface area contributed by atoms with Gasteiger partial charge in [-0.3, -0.25) is 4.79 Å². The number of amides is 1. The lowest BCUT2D eigenvalue weighted by Gasteiger charge is -2.31. The Bertz CT molecular complexity index is 725. The van der Waals surface area contributed by atoms with E-state index >= 15 is 0 Å². The smallest absolute Gasteiger partial charge is 0.227 e. The molecule has 2 aromatic rings. The maximum atomic E-state index is 12.8. The van der Waals surface area contributed by atoms with Crippen molar-refractivity contribution in [2.45, 2.75) is 32.1 Å².